The van der Waals surface area contributed by atoms with Gasteiger partial charge in [0.2, 0.25) is 6.61 Å². The summed E-state index contributed by atoms with van der Waals surface area (Å²) < 4.78 is 0. The Kier molecular flexibility index (Phi) is 8.09. The number of nitrogens with two attached hydrogens (primary N) is 1. The van der Waals surface area contributed by atoms with Crippen LogP contribution < -0.4 is 11.1 Å². The van der Waals surface area contributed by atoms with Gasteiger partial charge in [-0.15, -0.1) is 23.1 Å². The quantitative estimate of drug-likeness (QED) is 0.232. The van der Waals surface area contributed by atoms with Crippen molar-refractivity contribution in [2.45, 2.75) is 18.3 Å². The third-order valence-corrected chi connectivity index (χ3v) is 5.55. The zero-order valence-corrected chi connectivity index (χ0v) is 17.5. The number of oxime groups is 1. The van der Waals surface area contributed by atoms with Crippen molar-refractivity contribution >= 4 is 63.5 Å². The Bertz CT molecular complexity index is 986. The maximum Gasteiger partial charge on any atom is 0.354 e. The number of carboxylic acid groups (broad SMARTS) is 3. The van der Waals surface area contributed by atoms with Crippen molar-refractivity contribution < 1.29 is 39.3 Å². The van der Waals surface area contributed by atoms with Gasteiger partial charge < -0.3 is 31.2 Å². The number of carbonyl (C=O) groups excluding carboxylic acids is 1. The standard InChI is InChI=1S/C16H17N5O8S2/c1-2-6-4-30-13(20-9(6)14(25)26)11(15(27)28)19-12(24)10(21-29-3-8(22)23)7-5-31-16(17)18-7/h2,5,11,13H,3-4H2,1H3,(H2,17,18)(H,19,24)(H,22,23)(H,25,26)(H,27,28)/b6-2+,21-10-/t11-,13?/m0/s1. The van der Waals surface area contributed by atoms with E-state index in [0.717, 1.165) is 23.1 Å². The summed E-state index contributed by atoms with van der Waals surface area (Å²) in [5.41, 5.74) is 5.11. The molecule has 1 aromatic heterocycles. The average Bonchev–Trinajstić information content (AvgIpc) is 3.14. The summed E-state index contributed by atoms with van der Waals surface area (Å²) in [7, 11) is 0. The van der Waals surface area contributed by atoms with Gasteiger partial charge in [-0.2, -0.15) is 0 Å². The number of thiazole rings is 1. The number of carbonyl (C=O) groups is 4. The number of aliphatic carboxylic acids is 3. The zero-order chi connectivity index (χ0) is 23.1. The third kappa shape index (κ3) is 6.26. The molecule has 166 valence electrons. The Balaban J connectivity index is 2.32. The van der Waals surface area contributed by atoms with Gasteiger partial charge in [0.1, 0.15) is 16.8 Å². The van der Waals surface area contributed by atoms with Crippen molar-refractivity contribution in [3.63, 3.8) is 0 Å². The van der Waals surface area contributed by atoms with Crippen LogP contribution in [0, 0.1) is 0 Å². The van der Waals surface area contributed by atoms with Crippen LogP contribution in [0.5, 0.6) is 0 Å². The number of aromatic nitrogens is 1. The van der Waals surface area contributed by atoms with Gasteiger partial charge in [-0.05, 0) is 12.5 Å². The molecule has 1 amide bonds. The average molecular weight is 471 g/mol. The lowest BCUT2D eigenvalue weighted by Crippen LogP contribution is -2.50. The predicted octanol–water partition coefficient (Wildman–Crippen LogP) is -0.355. The fraction of sp³-hybridized carbons (Fsp3) is 0.312. The molecular weight excluding hydrogens is 454 g/mol. The number of rotatable bonds is 9. The van der Waals surface area contributed by atoms with Crippen LogP contribution in [0.4, 0.5) is 5.13 Å². The number of nitrogens with one attached hydrogen (secondary N) is 1. The van der Waals surface area contributed by atoms with E-state index in [2.05, 4.69) is 25.3 Å². The number of aliphatic imine (C=N–C) groups is 1. The highest BCUT2D eigenvalue weighted by atomic mass is 32.2. The largest absolute Gasteiger partial charge is 0.480 e. The number of nitrogens with zero attached hydrogens (tertiary/aromatic N) is 3. The summed E-state index contributed by atoms with van der Waals surface area (Å²) in [6, 6.07) is -1.62. The Morgan fingerprint density at radius 2 is 2.10 bits per heavy atom. The highest BCUT2D eigenvalue weighted by Gasteiger charge is 2.36. The minimum absolute atomic E-state index is 0.0586. The Labute approximate surface area is 182 Å². The highest BCUT2D eigenvalue weighted by molar-refractivity contribution is 8.00. The molecule has 0 aliphatic carbocycles. The Hall–Kier alpha value is -3.46. The van der Waals surface area contributed by atoms with Gasteiger partial charge >= 0.3 is 17.9 Å². The van der Waals surface area contributed by atoms with Crippen LogP contribution in [-0.4, -0.2) is 79.3 Å². The molecule has 2 heterocycles. The van der Waals surface area contributed by atoms with E-state index >= 15 is 0 Å². The van der Waals surface area contributed by atoms with Gasteiger partial charge in [0, 0.05) is 11.1 Å². The van der Waals surface area contributed by atoms with Gasteiger partial charge in [0.05, 0.1) is 0 Å². The molecule has 0 saturated heterocycles. The second-order valence-corrected chi connectivity index (χ2v) is 7.76. The Morgan fingerprint density at radius 1 is 1.39 bits per heavy atom. The van der Waals surface area contributed by atoms with E-state index in [4.69, 9.17) is 10.8 Å². The van der Waals surface area contributed by atoms with Crippen LogP contribution in [0.3, 0.4) is 0 Å². The van der Waals surface area contributed by atoms with E-state index in [1.807, 2.05) is 0 Å². The van der Waals surface area contributed by atoms with E-state index in [-0.39, 0.29) is 22.3 Å². The van der Waals surface area contributed by atoms with Crippen LogP contribution in [-0.2, 0) is 24.0 Å². The molecule has 31 heavy (non-hydrogen) atoms. The maximum atomic E-state index is 12.7. The van der Waals surface area contributed by atoms with Crippen molar-refractivity contribution in [1.82, 2.24) is 10.3 Å². The second-order valence-electron chi connectivity index (χ2n) is 5.77. The summed E-state index contributed by atoms with van der Waals surface area (Å²) in [6.07, 6.45) is 1.56. The molecule has 0 radical (unpaired) electrons. The minimum atomic E-state index is -1.62. The van der Waals surface area contributed by atoms with Crippen LogP contribution >= 0.6 is 23.1 Å². The number of hydrogen-bond acceptors (Lipinski definition) is 11. The first-order valence-electron chi connectivity index (χ1n) is 8.39. The summed E-state index contributed by atoms with van der Waals surface area (Å²) >= 11 is 2.00. The van der Waals surface area contributed by atoms with Crippen molar-refractivity contribution in [3.8, 4) is 0 Å². The van der Waals surface area contributed by atoms with E-state index in [1.165, 1.54) is 5.38 Å². The maximum absolute atomic E-state index is 12.7. The first-order chi connectivity index (χ1) is 14.6. The first kappa shape index (κ1) is 23.8. The fourth-order valence-corrected chi connectivity index (χ4v) is 4.05. The van der Waals surface area contributed by atoms with Gasteiger partial charge in [-0.1, -0.05) is 11.2 Å². The number of thioether (sulfide) groups is 1. The molecule has 0 bridgehead atoms. The van der Waals surface area contributed by atoms with Crippen molar-refractivity contribution in [1.29, 1.82) is 0 Å². The van der Waals surface area contributed by atoms with Gasteiger partial charge in [0.25, 0.3) is 5.91 Å². The molecule has 0 spiro atoms. The van der Waals surface area contributed by atoms with E-state index in [1.54, 1.807) is 13.0 Å². The smallest absolute Gasteiger partial charge is 0.354 e. The predicted molar refractivity (Wildman–Crippen MR) is 111 cm³/mol. The molecular formula is C16H17N5O8S2. The SMILES string of the molecule is C/C=C1\CSC([C@H](NC(=O)/C(=N\OCC(=O)O)c2csc(N)n2)C(=O)O)N=C1C(=O)O. The molecule has 2 atom stereocenters. The Morgan fingerprint density at radius 3 is 2.61 bits per heavy atom. The highest BCUT2D eigenvalue weighted by Crippen LogP contribution is 2.26. The molecule has 0 saturated carbocycles. The van der Waals surface area contributed by atoms with Gasteiger partial charge in [-0.25, -0.2) is 19.4 Å². The van der Waals surface area contributed by atoms with Gasteiger partial charge in [-0.3, -0.25) is 9.79 Å². The van der Waals surface area contributed by atoms with E-state index in [0.29, 0.717) is 5.57 Å². The molecule has 15 heteroatoms. The number of allylic oxidation sites excluding steroid dienone is 1. The van der Waals surface area contributed by atoms with E-state index in [9.17, 15) is 29.4 Å². The molecule has 0 fully saturated rings. The molecule has 1 aromatic rings. The molecule has 13 nitrogen and oxygen atoms in total. The van der Waals surface area contributed by atoms with Crippen molar-refractivity contribution in [3.05, 3.63) is 22.7 Å². The lowest BCUT2D eigenvalue weighted by Gasteiger charge is -2.26. The molecule has 1 unspecified atom stereocenters. The van der Waals surface area contributed by atoms with Crippen LogP contribution in [0.2, 0.25) is 0 Å². The lowest BCUT2D eigenvalue weighted by molar-refractivity contribution is -0.142. The summed E-state index contributed by atoms with van der Waals surface area (Å²) in [6.45, 7) is 0.778. The third-order valence-electron chi connectivity index (χ3n) is 3.68. The number of carboxylic acids is 3. The van der Waals surface area contributed by atoms with Crippen LogP contribution in [0.15, 0.2) is 27.2 Å². The minimum Gasteiger partial charge on any atom is -0.480 e. The number of amides is 1. The normalized spacial score (nSPS) is 18.7. The first-order valence-corrected chi connectivity index (χ1v) is 10.3. The summed E-state index contributed by atoms with van der Waals surface area (Å²) in [5.74, 6) is -5.01. The number of nitrogen functional groups attached to an aromatic ring is 1. The topological polar surface area (TPSA) is 214 Å². The van der Waals surface area contributed by atoms with Crippen LogP contribution in [0.1, 0.15) is 12.6 Å². The molecule has 0 aromatic carbocycles. The van der Waals surface area contributed by atoms with Gasteiger partial charge in [0.15, 0.2) is 16.9 Å². The summed E-state index contributed by atoms with van der Waals surface area (Å²) in [5, 5.41) is 33.5. The molecule has 6 N–H and O–H groups in total. The van der Waals surface area contributed by atoms with Crippen molar-refractivity contribution in [2.75, 3.05) is 18.1 Å². The number of anilines is 1. The van der Waals surface area contributed by atoms with Crippen molar-refractivity contribution in [2.24, 2.45) is 10.1 Å². The molecule has 2 rings (SSSR count). The lowest BCUT2D eigenvalue weighted by atomic mass is 10.1. The summed E-state index contributed by atoms with van der Waals surface area (Å²) in [4.78, 5) is 59.0. The molecule has 1 aliphatic heterocycles. The molecule has 1 aliphatic rings. The van der Waals surface area contributed by atoms with E-state index < -0.39 is 47.5 Å². The number of hydrogen-bond donors (Lipinski definition) is 5. The van der Waals surface area contributed by atoms with Crippen LogP contribution in [0.25, 0.3) is 0 Å². The monoisotopic (exact) mass is 471 g/mol. The zero-order valence-electron chi connectivity index (χ0n) is 15.8. The fourth-order valence-electron chi connectivity index (χ4n) is 2.29. The second kappa shape index (κ2) is 10.5.